The molecule has 0 spiro atoms. The van der Waals surface area contributed by atoms with Gasteiger partial charge in [0, 0.05) is 12.1 Å². The number of benzene rings is 3. The first-order valence-electron chi connectivity index (χ1n) is 9.99. The fraction of sp³-hybridized carbons (Fsp3) is 0.192. The molecule has 4 rings (SSSR count). The summed E-state index contributed by atoms with van der Waals surface area (Å²) in [5.74, 6) is -0.0528. The number of rotatable bonds is 5. The number of hydrogen-bond donors (Lipinski definition) is 1. The normalized spacial score (nSPS) is 16.7. The van der Waals surface area contributed by atoms with Gasteiger partial charge in [-0.15, -0.1) is 0 Å². The van der Waals surface area contributed by atoms with Gasteiger partial charge in [-0.1, -0.05) is 98.8 Å². The van der Waals surface area contributed by atoms with Crippen molar-refractivity contribution in [3.8, 4) is 0 Å². The predicted octanol–water partition coefficient (Wildman–Crippen LogP) is 5.86. The van der Waals surface area contributed by atoms with Gasteiger partial charge in [0.05, 0.1) is 6.04 Å². The van der Waals surface area contributed by atoms with Crippen LogP contribution in [-0.4, -0.2) is 15.9 Å². The molecule has 3 aromatic carbocycles. The van der Waals surface area contributed by atoms with E-state index in [0.717, 1.165) is 16.7 Å². The third kappa shape index (κ3) is 3.68. The second kappa shape index (κ2) is 7.96. The van der Waals surface area contributed by atoms with Crippen molar-refractivity contribution >= 4 is 11.5 Å². The summed E-state index contributed by atoms with van der Waals surface area (Å²) in [6, 6.07) is 27.6. The molecular formula is C26H25NO2. The van der Waals surface area contributed by atoms with Gasteiger partial charge < -0.3 is 10.0 Å². The molecular weight excluding hydrogens is 358 g/mol. The minimum absolute atomic E-state index is 0.162. The van der Waals surface area contributed by atoms with Gasteiger partial charge in [-0.05, 0) is 28.2 Å². The molecule has 0 unspecified atom stereocenters. The molecule has 1 N–H and O–H groups in total. The maximum Gasteiger partial charge on any atom is 0.290 e. The van der Waals surface area contributed by atoms with Gasteiger partial charge in [0.1, 0.15) is 0 Å². The van der Waals surface area contributed by atoms with Crippen molar-refractivity contribution in [2.75, 3.05) is 0 Å². The Labute approximate surface area is 171 Å². The SMILES string of the molecule is CC(C)c1ccc([C@H]2C(c3ccccc3)=C(O)C(=O)N2Cc2ccccc2)cc1. The van der Waals surface area contributed by atoms with Crippen LogP contribution in [0, 0.1) is 0 Å². The maximum atomic E-state index is 13.1. The van der Waals surface area contributed by atoms with E-state index in [2.05, 4.69) is 38.1 Å². The summed E-state index contributed by atoms with van der Waals surface area (Å²) in [4.78, 5) is 14.8. The fourth-order valence-corrected chi connectivity index (χ4v) is 3.92. The van der Waals surface area contributed by atoms with Crippen LogP contribution in [0.4, 0.5) is 0 Å². The van der Waals surface area contributed by atoms with Gasteiger partial charge in [-0.3, -0.25) is 4.79 Å². The first kappa shape index (κ1) is 19.0. The Kier molecular flexibility index (Phi) is 5.22. The van der Waals surface area contributed by atoms with Crippen molar-refractivity contribution in [1.82, 2.24) is 4.90 Å². The van der Waals surface area contributed by atoms with E-state index in [4.69, 9.17) is 0 Å². The highest BCUT2D eigenvalue weighted by Crippen LogP contribution is 2.43. The Morgan fingerprint density at radius 3 is 2.03 bits per heavy atom. The highest BCUT2D eigenvalue weighted by molar-refractivity contribution is 6.05. The van der Waals surface area contributed by atoms with Gasteiger partial charge in [0.15, 0.2) is 5.76 Å². The molecule has 0 bridgehead atoms. The van der Waals surface area contributed by atoms with Crippen LogP contribution in [0.3, 0.4) is 0 Å². The number of carbonyl (C=O) groups is 1. The number of hydrogen-bond acceptors (Lipinski definition) is 2. The average molecular weight is 383 g/mol. The van der Waals surface area contributed by atoms with Crippen LogP contribution in [0.5, 0.6) is 0 Å². The monoisotopic (exact) mass is 383 g/mol. The van der Waals surface area contributed by atoms with E-state index in [9.17, 15) is 9.90 Å². The Bertz CT molecular complexity index is 1020. The quantitative estimate of drug-likeness (QED) is 0.599. The van der Waals surface area contributed by atoms with Crippen molar-refractivity contribution in [2.24, 2.45) is 0 Å². The van der Waals surface area contributed by atoms with E-state index in [1.54, 1.807) is 4.90 Å². The van der Waals surface area contributed by atoms with Crippen LogP contribution < -0.4 is 0 Å². The molecule has 3 nitrogen and oxygen atoms in total. The van der Waals surface area contributed by atoms with Crippen molar-refractivity contribution < 1.29 is 9.90 Å². The summed E-state index contributed by atoms with van der Waals surface area (Å²) in [5.41, 5.74) is 4.83. The second-order valence-corrected chi connectivity index (χ2v) is 7.77. The topological polar surface area (TPSA) is 40.5 Å². The van der Waals surface area contributed by atoms with Crippen LogP contribution in [0.1, 0.15) is 48.1 Å². The Balaban J connectivity index is 1.80. The van der Waals surface area contributed by atoms with Gasteiger partial charge in [-0.25, -0.2) is 0 Å². The van der Waals surface area contributed by atoms with Crippen LogP contribution in [0.2, 0.25) is 0 Å². The molecule has 1 aliphatic heterocycles. The summed E-state index contributed by atoms with van der Waals surface area (Å²) >= 11 is 0. The number of aliphatic hydroxyl groups is 1. The highest BCUT2D eigenvalue weighted by Gasteiger charge is 2.40. The van der Waals surface area contributed by atoms with Crippen LogP contribution >= 0.6 is 0 Å². The molecule has 0 radical (unpaired) electrons. The maximum absolute atomic E-state index is 13.1. The fourth-order valence-electron chi connectivity index (χ4n) is 3.92. The Morgan fingerprint density at radius 2 is 1.45 bits per heavy atom. The lowest BCUT2D eigenvalue weighted by atomic mass is 9.91. The minimum Gasteiger partial charge on any atom is -0.503 e. The summed E-state index contributed by atoms with van der Waals surface area (Å²) < 4.78 is 0. The van der Waals surface area contributed by atoms with Gasteiger partial charge in [0.25, 0.3) is 5.91 Å². The van der Waals surface area contributed by atoms with Crippen LogP contribution in [0.15, 0.2) is 90.7 Å². The van der Waals surface area contributed by atoms with Gasteiger partial charge in [-0.2, -0.15) is 0 Å². The minimum atomic E-state index is -0.328. The van der Waals surface area contributed by atoms with E-state index in [1.165, 1.54) is 5.56 Å². The molecule has 1 amide bonds. The number of nitrogens with zero attached hydrogens (tertiary/aromatic N) is 1. The zero-order valence-corrected chi connectivity index (χ0v) is 16.7. The van der Waals surface area contributed by atoms with E-state index < -0.39 is 0 Å². The third-order valence-corrected chi connectivity index (χ3v) is 5.50. The molecule has 3 heteroatoms. The average Bonchev–Trinajstić information content (AvgIpc) is 3.00. The summed E-state index contributed by atoms with van der Waals surface area (Å²) in [7, 11) is 0. The van der Waals surface area contributed by atoms with E-state index in [1.807, 2.05) is 60.7 Å². The van der Waals surface area contributed by atoms with E-state index >= 15 is 0 Å². The molecule has 0 fully saturated rings. The molecule has 0 saturated heterocycles. The molecule has 1 aliphatic rings. The highest BCUT2D eigenvalue weighted by atomic mass is 16.3. The van der Waals surface area contributed by atoms with E-state index in [0.29, 0.717) is 18.0 Å². The second-order valence-electron chi connectivity index (χ2n) is 7.77. The number of aliphatic hydroxyl groups excluding tert-OH is 1. The van der Waals surface area contributed by atoms with E-state index in [-0.39, 0.29) is 17.7 Å². The van der Waals surface area contributed by atoms with Crippen LogP contribution in [-0.2, 0) is 11.3 Å². The first-order valence-corrected chi connectivity index (χ1v) is 9.99. The van der Waals surface area contributed by atoms with Gasteiger partial charge in [0.2, 0.25) is 0 Å². The summed E-state index contributed by atoms with van der Waals surface area (Å²) in [6.45, 7) is 4.77. The predicted molar refractivity (Wildman–Crippen MR) is 116 cm³/mol. The first-order chi connectivity index (χ1) is 14.1. The number of amides is 1. The Morgan fingerprint density at radius 1 is 0.862 bits per heavy atom. The molecule has 1 atom stereocenters. The molecule has 1 heterocycles. The van der Waals surface area contributed by atoms with Gasteiger partial charge >= 0.3 is 0 Å². The van der Waals surface area contributed by atoms with Crippen molar-refractivity contribution in [3.63, 3.8) is 0 Å². The molecule has 0 saturated carbocycles. The van der Waals surface area contributed by atoms with Crippen molar-refractivity contribution in [3.05, 3.63) is 113 Å². The van der Waals surface area contributed by atoms with Crippen LogP contribution in [0.25, 0.3) is 5.57 Å². The van der Waals surface area contributed by atoms with Crippen molar-refractivity contribution in [2.45, 2.75) is 32.4 Å². The largest absolute Gasteiger partial charge is 0.503 e. The van der Waals surface area contributed by atoms with Crippen molar-refractivity contribution in [1.29, 1.82) is 0 Å². The third-order valence-electron chi connectivity index (χ3n) is 5.50. The lowest BCUT2D eigenvalue weighted by Crippen LogP contribution is -2.29. The molecule has 146 valence electrons. The lowest BCUT2D eigenvalue weighted by molar-refractivity contribution is -0.130. The molecule has 0 aromatic heterocycles. The zero-order chi connectivity index (χ0) is 20.4. The number of carbonyl (C=O) groups excluding carboxylic acids is 1. The lowest BCUT2D eigenvalue weighted by Gasteiger charge is -2.28. The molecule has 29 heavy (non-hydrogen) atoms. The Hall–Kier alpha value is -3.33. The standard InChI is InChI=1S/C26H25NO2/c1-18(2)20-13-15-22(16-14-20)24-23(21-11-7-4-8-12-21)25(28)26(29)27(24)17-19-9-5-3-6-10-19/h3-16,18,24,28H,17H2,1-2H3/t24-/m0/s1. The molecule has 3 aromatic rings. The smallest absolute Gasteiger partial charge is 0.290 e. The zero-order valence-electron chi connectivity index (χ0n) is 16.7. The summed E-state index contributed by atoms with van der Waals surface area (Å²) in [6.07, 6.45) is 0. The summed E-state index contributed by atoms with van der Waals surface area (Å²) in [5, 5.41) is 10.8. The molecule has 0 aliphatic carbocycles.